The lowest BCUT2D eigenvalue weighted by atomic mass is 10.1. The molecule has 1 unspecified atom stereocenters. The first kappa shape index (κ1) is 15.6. The molecule has 0 radical (unpaired) electrons. The van der Waals surface area contributed by atoms with Gasteiger partial charge in [-0.15, -0.1) is 0 Å². The molecule has 21 heavy (non-hydrogen) atoms. The Labute approximate surface area is 124 Å². The van der Waals surface area contributed by atoms with Gasteiger partial charge < -0.3 is 14.8 Å². The molecular weight excluding hydrogens is 272 g/mol. The largest absolute Gasteiger partial charge is 0.480 e. The predicted octanol–water partition coefficient (Wildman–Crippen LogP) is 1.78. The van der Waals surface area contributed by atoms with E-state index in [2.05, 4.69) is 10.2 Å². The summed E-state index contributed by atoms with van der Waals surface area (Å²) in [5, 5.41) is 11.2. The summed E-state index contributed by atoms with van der Waals surface area (Å²) in [5.41, 5.74) is 0.991. The molecule has 1 saturated heterocycles. The Hall–Kier alpha value is -1.82. The third-order valence-electron chi connectivity index (χ3n) is 3.81. The number of nitrogens with zero attached hydrogens (tertiary/aromatic N) is 1. The van der Waals surface area contributed by atoms with E-state index in [0.717, 1.165) is 25.2 Å². The molecule has 116 valence electrons. The zero-order valence-electron chi connectivity index (χ0n) is 12.5. The Morgan fingerprint density at radius 1 is 1.38 bits per heavy atom. The quantitative estimate of drug-likeness (QED) is 0.865. The van der Waals surface area contributed by atoms with Gasteiger partial charge in [-0.2, -0.15) is 0 Å². The van der Waals surface area contributed by atoms with Crippen LogP contribution in [0.2, 0.25) is 0 Å². The standard InChI is InChI=1S/C15H22N2O4/c1-10(15(19)20)16-14(18)13-8-12(11(2)21-13)9-17-6-4-3-5-7-17/h8,10H,3-7,9H2,1-2H3,(H,16,18)(H,19,20). The van der Waals surface area contributed by atoms with E-state index in [0.29, 0.717) is 5.76 Å². The lowest BCUT2D eigenvalue weighted by molar-refractivity contribution is -0.138. The number of hydrogen-bond acceptors (Lipinski definition) is 4. The summed E-state index contributed by atoms with van der Waals surface area (Å²) in [5.74, 6) is -0.667. The monoisotopic (exact) mass is 294 g/mol. The van der Waals surface area contributed by atoms with Crippen molar-refractivity contribution in [3.05, 3.63) is 23.2 Å². The number of rotatable bonds is 5. The highest BCUT2D eigenvalue weighted by Gasteiger charge is 2.20. The van der Waals surface area contributed by atoms with Crippen LogP contribution in [0.4, 0.5) is 0 Å². The van der Waals surface area contributed by atoms with Gasteiger partial charge in [0.05, 0.1) is 0 Å². The van der Waals surface area contributed by atoms with Crippen molar-refractivity contribution in [1.29, 1.82) is 0 Å². The Balaban J connectivity index is 2.00. The molecule has 0 spiro atoms. The first-order valence-electron chi connectivity index (χ1n) is 7.32. The highest BCUT2D eigenvalue weighted by atomic mass is 16.4. The summed E-state index contributed by atoms with van der Waals surface area (Å²) in [7, 11) is 0. The van der Waals surface area contributed by atoms with Crippen LogP contribution in [0.15, 0.2) is 10.5 Å². The van der Waals surface area contributed by atoms with Crippen molar-refractivity contribution in [1.82, 2.24) is 10.2 Å². The lowest BCUT2D eigenvalue weighted by Gasteiger charge is -2.25. The average Bonchev–Trinajstić information content (AvgIpc) is 2.81. The molecule has 1 amide bonds. The van der Waals surface area contributed by atoms with Gasteiger partial charge in [0, 0.05) is 12.1 Å². The first-order chi connectivity index (χ1) is 9.97. The number of carboxylic acids is 1. The van der Waals surface area contributed by atoms with E-state index in [4.69, 9.17) is 9.52 Å². The molecule has 1 aliphatic heterocycles. The number of nitrogens with one attached hydrogen (secondary N) is 1. The highest BCUT2D eigenvalue weighted by molar-refractivity contribution is 5.94. The molecule has 6 heteroatoms. The number of carbonyl (C=O) groups excluding carboxylic acids is 1. The predicted molar refractivity (Wildman–Crippen MR) is 77.1 cm³/mol. The molecular formula is C15H22N2O4. The number of carboxylic acid groups (broad SMARTS) is 1. The van der Waals surface area contributed by atoms with Gasteiger partial charge in [0.25, 0.3) is 5.91 Å². The van der Waals surface area contributed by atoms with E-state index in [9.17, 15) is 9.59 Å². The second-order valence-electron chi connectivity index (χ2n) is 5.56. The fourth-order valence-electron chi connectivity index (χ4n) is 2.48. The van der Waals surface area contributed by atoms with Crippen molar-refractivity contribution >= 4 is 11.9 Å². The topological polar surface area (TPSA) is 82.8 Å². The van der Waals surface area contributed by atoms with Crippen LogP contribution in [0.25, 0.3) is 0 Å². The Morgan fingerprint density at radius 3 is 2.67 bits per heavy atom. The van der Waals surface area contributed by atoms with E-state index < -0.39 is 17.9 Å². The van der Waals surface area contributed by atoms with Crippen molar-refractivity contribution in [2.45, 2.75) is 45.7 Å². The van der Waals surface area contributed by atoms with Crippen molar-refractivity contribution < 1.29 is 19.1 Å². The molecule has 1 aliphatic rings. The van der Waals surface area contributed by atoms with Gasteiger partial charge in [-0.1, -0.05) is 6.42 Å². The van der Waals surface area contributed by atoms with E-state index >= 15 is 0 Å². The number of carbonyl (C=O) groups is 2. The summed E-state index contributed by atoms with van der Waals surface area (Å²) < 4.78 is 5.47. The maximum Gasteiger partial charge on any atom is 0.325 e. The van der Waals surface area contributed by atoms with E-state index in [-0.39, 0.29) is 5.76 Å². The molecule has 1 atom stereocenters. The maximum atomic E-state index is 11.9. The summed E-state index contributed by atoms with van der Waals surface area (Å²) in [6.07, 6.45) is 3.70. The van der Waals surface area contributed by atoms with Gasteiger partial charge in [0.1, 0.15) is 11.8 Å². The molecule has 0 aliphatic carbocycles. The van der Waals surface area contributed by atoms with Crippen LogP contribution in [0.3, 0.4) is 0 Å². The van der Waals surface area contributed by atoms with Crippen LogP contribution < -0.4 is 5.32 Å². The van der Waals surface area contributed by atoms with E-state index in [1.165, 1.54) is 26.2 Å². The van der Waals surface area contributed by atoms with Gasteiger partial charge in [-0.3, -0.25) is 14.5 Å². The van der Waals surface area contributed by atoms with E-state index in [1.54, 1.807) is 6.07 Å². The maximum absolute atomic E-state index is 11.9. The van der Waals surface area contributed by atoms with Crippen LogP contribution in [-0.4, -0.2) is 41.0 Å². The van der Waals surface area contributed by atoms with Crippen molar-refractivity contribution in [2.75, 3.05) is 13.1 Å². The minimum atomic E-state index is -1.07. The normalized spacial score (nSPS) is 17.4. The third-order valence-corrected chi connectivity index (χ3v) is 3.81. The number of likely N-dealkylation sites (tertiary alicyclic amines) is 1. The molecule has 2 N–H and O–H groups in total. The van der Waals surface area contributed by atoms with Crippen LogP contribution in [-0.2, 0) is 11.3 Å². The van der Waals surface area contributed by atoms with Gasteiger partial charge in [0.15, 0.2) is 5.76 Å². The summed E-state index contributed by atoms with van der Waals surface area (Å²) in [4.78, 5) is 25.0. The number of piperidine rings is 1. The SMILES string of the molecule is Cc1oc(C(=O)NC(C)C(=O)O)cc1CN1CCCCC1. The highest BCUT2D eigenvalue weighted by Crippen LogP contribution is 2.19. The number of aliphatic carboxylic acids is 1. The molecule has 0 bridgehead atoms. The van der Waals surface area contributed by atoms with Crippen LogP contribution in [0.5, 0.6) is 0 Å². The summed E-state index contributed by atoms with van der Waals surface area (Å²) >= 11 is 0. The molecule has 6 nitrogen and oxygen atoms in total. The van der Waals surface area contributed by atoms with Gasteiger partial charge >= 0.3 is 5.97 Å². The average molecular weight is 294 g/mol. The Morgan fingerprint density at radius 2 is 2.05 bits per heavy atom. The van der Waals surface area contributed by atoms with E-state index in [1.807, 2.05) is 6.92 Å². The molecule has 2 heterocycles. The molecule has 1 aromatic rings. The van der Waals surface area contributed by atoms with Crippen molar-refractivity contribution in [2.24, 2.45) is 0 Å². The number of furan rings is 1. The first-order valence-corrected chi connectivity index (χ1v) is 7.32. The van der Waals surface area contributed by atoms with Crippen LogP contribution in [0, 0.1) is 6.92 Å². The van der Waals surface area contributed by atoms with Gasteiger partial charge in [-0.05, 0) is 45.8 Å². The molecule has 0 aromatic carbocycles. The molecule has 1 fully saturated rings. The number of hydrogen-bond donors (Lipinski definition) is 2. The second-order valence-corrected chi connectivity index (χ2v) is 5.56. The summed E-state index contributed by atoms with van der Waals surface area (Å²) in [6, 6.07) is 0.779. The third kappa shape index (κ3) is 4.07. The smallest absolute Gasteiger partial charge is 0.325 e. The zero-order valence-corrected chi connectivity index (χ0v) is 12.5. The Kier molecular flexibility index (Phi) is 5.01. The minimum absolute atomic E-state index is 0.174. The number of amides is 1. The summed E-state index contributed by atoms with van der Waals surface area (Å²) in [6.45, 7) is 6.17. The van der Waals surface area contributed by atoms with Crippen molar-refractivity contribution in [3.8, 4) is 0 Å². The second kappa shape index (κ2) is 6.76. The molecule has 1 aromatic heterocycles. The van der Waals surface area contributed by atoms with Gasteiger partial charge in [-0.25, -0.2) is 0 Å². The minimum Gasteiger partial charge on any atom is -0.480 e. The molecule has 2 rings (SSSR count). The van der Waals surface area contributed by atoms with Crippen LogP contribution in [0.1, 0.15) is 48.1 Å². The van der Waals surface area contributed by atoms with Crippen molar-refractivity contribution in [3.63, 3.8) is 0 Å². The van der Waals surface area contributed by atoms with Gasteiger partial charge in [0.2, 0.25) is 0 Å². The zero-order chi connectivity index (χ0) is 15.4. The van der Waals surface area contributed by atoms with Crippen LogP contribution >= 0.6 is 0 Å². The fraction of sp³-hybridized carbons (Fsp3) is 0.600. The fourth-order valence-corrected chi connectivity index (χ4v) is 2.48. The Bertz CT molecular complexity index is 518. The lowest BCUT2D eigenvalue weighted by Crippen LogP contribution is -2.38. The number of aryl methyl sites for hydroxylation is 1. The molecule has 0 saturated carbocycles.